The quantitative estimate of drug-likeness (QED) is 0.485. The molecular formula is C5H4FS. The molecule has 0 bridgehead atoms. The van der Waals surface area contributed by atoms with E-state index >= 15 is 0 Å². The zero-order valence-corrected chi connectivity index (χ0v) is 4.46. The van der Waals surface area contributed by atoms with Crippen molar-refractivity contribution in [1.82, 2.24) is 0 Å². The molecule has 0 aromatic carbocycles. The first-order valence-corrected chi connectivity index (χ1v) is 2.73. The van der Waals surface area contributed by atoms with Crippen molar-refractivity contribution < 1.29 is 4.39 Å². The molecule has 1 heterocycles. The van der Waals surface area contributed by atoms with Crippen molar-refractivity contribution in [3.63, 3.8) is 0 Å². The summed E-state index contributed by atoms with van der Waals surface area (Å²) in [4.78, 5) is 0.514. The highest BCUT2D eigenvalue weighted by molar-refractivity contribution is 7.10. The second-order valence-electron chi connectivity index (χ2n) is 1.19. The van der Waals surface area contributed by atoms with Gasteiger partial charge in [-0.05, 0) is 18.4 Å². The van der Waals surface area contributed by atoms with Crippen LogP contribution < -0.4 is 0 Å². The molecule has 1 radical (unpaired) electrons. The average molecular weight is 115 g/mol. The predicted molar refractivity (Wildman–Crippen MR) is 28.7 cm³/mol. The van der Waals surface area contributed by atoms with E-state index in [0.717, 1.165) is 0 Å². The van der Waals surface area contributed by atoms with E-state index in [1.807, 2.05) is 0 Å². The fraction of sp³-hybridized carbons (Fsp3) is 0. The van der Waals surface area contributed by atoms with E-state index in [1.165, 1.54) is 17.4 Å². The molecule has 0 amide bonds. The van der Waals surface area contributed by atoms with E-state index in [9.17, 15) is 4.39 Å². The zero-order chi connectivity index (χ0) is 5.28. The Balaban J connectivity index is 3.12. The van der Waals surface area contributed by atoms with Crippen LogP contribution >= 0.6 is 11.3 Å². The monoisotopic (exact) mass is 115 g/mol. The lowest BCUT2D eigenvalue weighted by atomic mass is 10.5. The first kappa shape index (κ1) is 4.78. The minimum atomic E-state index is -0.204. The van der Waals surface area contributed by atoms with Crippen LogP contribution in [0.2, 0.25) is 0 Å². The van der Waals surface area contributed by atoms with Gasteiger partial charge in [-0.15, -0.1) is 11.3 Å². The first-order valence-electron chi connectivity index (χ1n) is 1.85. The molecule has 0 aliphatic rings. The molecule has 0 unspecified atom stereocenters. The summed E-state index contributed by atoms with van der Waals surface area (Å²) in [5, 5.41) is 1.68. The molecule has 0 fully saturated rings. The van der Waals surface area contributed by atoms with Gasteiger partial charge >= 0.3 is 0 Å². The maximum atomic E-state index is 12.0. The molecule has 0 aliphatic heterocycles. The predicted octanol–water partition coefficient (Wildman–Crippen LogP) is 2.07. The summed E-state index contributed by atoms with van der Waals surface area (Å²) in [7, 11) is 0. The SMILES string of the molecule is [CH2]c1sccc1F. The van der Waals surface area contributed by atoms with E-state index in [-0.39, 0.29) is 5.82 Å². The normalized spacial score (nSPS) is 9.43. The Labute approximate surface area is 45.6 Å². The van der Waals surface area contributed by atoms with Gasteiger partial charge in [0.2, 0.25) is 0 Å². The zero-order valence-electron chi connectivity index (χ0n) is 3.65. The fourth-order valence-electron chi connectivity index (χ4n) is 0.325. The Kier molecular flexibility index (Phi) is 1.11. The van der Waals surface area contributed by atoms with Gasteiger partial charge in [-0.1, -0.05) is 0 Å². The van der Waals surface area contributed by atoms with Gasteiger partial charge in [0, 0.05) is 4.88 Å². The number of halogens is 1. The molecule has 0 saturated heterocycles. The lowest BCUT2D eigenvalue weighted by molar-refractivity contribution is 0.629. The second kappa shape index (κ2) is 1.62. The van der Waals surface area contributed by atoms with Gasteiger partial charge in [0.15, 0.2) is 0 Å². The van der Waals surface area contributed by atoms with E-state index in [0.29, 0.717) is 4.88 Å². The van der Waals surface area contributed by atoms with E-state index in [2.05, 4.69) is 6.92 Å². The summed E-state index contributed by atoms with van der Waals surface area (Å²) < 4.78 is 12.0. The van der Waals surface area contributed by atoms with E-state index < -0.39 is 0 Å². The maximum absolute atomic E-state index is 12.0. The molecule has 37 valence electrons. The van der Waals surface area contributed by atoms with Crippen LogP contribution in [0.5, 0.6) is 0 Å². The number of hydrogen-bond donors (Lipinski definition) is 0. The summed E-state index contributed by atoms with van der Waals surface area (Å²) in [5.74, 6) is -0.204. The Morgan fingerprint density at radius 1 is 1.71 bits per heavy atom. The van der Waals surface area contributed by atoms with Crippen molar-refractivity contribution >= 4 is 11.3 Å². The van der Waals surface area contributed by atoms with Crippen LogP contribution in [0, 0.1) is 12.7 Å². The molecule has 1 rings (SSSR count). The Hall–Kier alpha value is -0.370. The molecule has 0 N–H and O–H groups in total. The standard InChI is InChI=1S/C5H4FS/c1-4-5(6)2-3-7-4/h2-3H,1H2. The van der Waals surface area contributed by atoms with Gasteiger partial charge in [-0.2, -0.15) is 0 Å². The average Bonchev–Trinajstić information content (AvgIpc) is 1.91. The second-order valence-corrected chi connectivity index (χ2v) is 2.19. The summed E-state index contributed by atoms with van der Waals surface area (Å²) in [6, 6.07) is 1.41. The van der Waals surface area contributed by atoms with Gasteiger partial charge in [-0.3, -0.25) is 0 Å². The third-order valence-corrected chi connectivity index (χ3v) is 1.44. The highest BCUT2D eigenvalue weighted by atomic mass is 32.1. The van der Waals surface area contributed by atoms with Crippen molar-refractivity contribution in [1.29, 1.82) is 0 Å². The van der Waals surface area contributed by atoms with Crippen LogP contribution in [0.3, 0.4) is 0 Å². The van der Waals surface area contributed by atoms with Crippen molar-refractivity contribution in [2.75, 3.05) is 0 Å². The lowest BCUT2D eigenvalue weighted by Gasteiger charge is -1.74. The highest BCUT2D eigenvalue weighted by Gasteiger charge is 1.92. The molecular weight excluding hydrogens is 111 g/mol. The number of thiophene rings is 1. The van der Waals surface area contributed by atoms with Crippen molar-refractivity contribution in [3.05, 3.63) is 29.1 Å². The Morgan fingerprint density at radius 3 is 2.57 bits per heavy atom. The van der Waals surface area contributed by atoms with Crippen LogP contribution in [0.25, 0.3) is 0 Å². The summed E-state index contributed by atoms with van der Waals surface area (Å²) in [5.41, 5.74) is 0. The third-order valence-electron chi connectivity index (χ3n) is 0.691. The number of rotatable bonds is 0. The molecule has 0 saturated carbocycles. The lowest BCUT2D eigenvalue weighted by Crippen LogP contribution is -1.63. The van der Waals surface area contributed by atoms with Crippen molar-refractivity contribution in [3.8, 4) is 0 Å². The molecule has 0 spiro atoms. The first-order chi connectivity index (χ1) is 3.30. The van der Waals surface area contributed by atoms with Crippen LogP contribution in [0.4, 0.5) is 4.39 Å². The van der Waals surface area contributed by atoms with Gasteiger partial charge in [0.05, 0.1) is 0 Å². The molecule has 1 aromatic rings. The highest BCUT2D eigenvalue weighted by Crippen LogP contribution is 2.11. The maximum Gasteiger partial charge on any atom is 0.137 e. The number of hydrogen-bond acceptors (Lipinski definition) is 1. The van der Waals surface area contributed by atoms with Crippen molar-refractivity contribution in [2.45, 2.75) is 0 Å². The van der Waals surface area contributed by atoms with Gasteiger partial charge in [0.25, 0.3) is 0 Å². The van der Waals surface area contributed by atoms with E-state index in [4.69, 9.17) is 0 Å². The Bertz CT molecular complexity index is 140. The minimum Gasteiger partial charge on any atom is -0.206 e. The molecule has 2 heteroatoms. The van der Waals surface area contributed by atoms with Crippen LogP contribution in [-0.4, -0.2) is 0 Å². The summed E-state index contributed by atoms with van der Waals surface area (Å²) in [6.07, 6.45) is 0. The minimum absolute atomic E-state index is 0.204. The molecule has 0 aliphatic carbocycles. The smallest absolute Gasteiger partial charge is 0.137 e. The summed E-state index contributed by atoms with van der Waals surface area (Å²) >= 11 is 1.32. The van der Waals surface area contributed by atoms with E-state index in [1.54, 1.807) is 5.38 Å². The topological polar surface area (TPSA) is 0 Å². The Morgan fingerprint density at radius 2 is 2.43 bits per heavy atom. The third kappa shape index (κ3) is 0.800. The van der Waals surface area contributed by atoms with Crippen LogP contribution in [0.15, 0.2) is 11.4 Å². The largest absolute Gasteiger partial charge is 0.206 e. The van der Waals surface area contributed by atoms with Crippen molar-refractivity contribution in [2.24, 2.45) is 0 Å². The molecule has 1 aromatic heterocycles. The molecule has 7 heavy (non-hydrogen) atoms. The molecule has 0 nitrogen and oxygen atoms in total. The summed E-state index contributed by atoms with van der Waals surface area (Å²) in [6.45, 7) is 3.42. The van der Waals surface area contributed by atoms with Gasteiger partial charge in [-0.25, -0.2) is 4.39 Å². The van der Waals surface area contributed by atoms with Crippen LogP contribution in [-0.2, 0) is 0 Å². The van der Waals surface area contributed by atoms with Gasteiger partial charge < -0.3 is 0 Å². The van der Waals surface area contributed by atoms with Gasteiger partial charge in [0.1, 0.15) is 5.82 Å². The molecule has 0 atom stereocenters. The fourth-order valence-corrected chi connectivity index (χ4v) is 0.858. The van der Waals surface area contributed by atoms with Crippen LogP contribution in [0.1, 0.15) is 4.88 Å².